The van der Waals surface area contributed by atoms with Crippen molar-refractivity contribution in [3.63, 3.8) is 0 Å². The Labute approximate surface area is 246 Å². The molecule has 3 aromatic rings. The quantitative estimate of drug-likeness (QED) is 0.135. The van der Waals surface area contributed by atoms with Crippen LogP contribution in [-0.2, 0) is 22.3 Å². The molecule has 0 saturated heterocycles. The molecule has 0 spiro atoms. The van der Waals surface area contributed by atoms with E-state index in [1.165, 1.54) is 24.3 Å². The SMILES string of the molecule is CCOC(=O)c1cc(NC(=O)CCCCl)cc(C2=C(c3cc(C(F)(F)F)ccc3OCc3ccc(F)cc3)CCC2)c1. The van der Waals surface area contributed by atoms with E-state index in [0.29, 0.717) is 54.0 Å². The third kappa shape index (κ3) is 7.91. The number of allylic oxidation sites excluding steroid dienone is 2. The zero-order chi connectivity index (χ0) is 30.3. The highest BCUT2D eigenvalue weighted by molar-refractivity contribution is 6.18. The maximum atomic E-state index is 13.8. The van der Waals surface area contributed by atoms with Gasteiger partial charge in [0.1, 0.15) is 18.2 Å². The Kier molecular flexibility index (Phi) is 10.3. The van der Waals surface area contributed by atoms with E-state index in [2.05, 4.69) is 5.32 Å². The summed E-state index contributed by atoms with van der Waals surface area (Å²) in [5, 5.41) is 2.79. The Morgan fingerprint density at radius 2 is 1.71 bits per heavy atom. The van der Waals surface area contributed by atoms with Crippen LogP contribution in [0.15, 0.2) is 60.7 Å². The maximum Gasteiger partial charge on any atom is 0.416 e. The van der Waals surface area contributed by atoms with Crippen molar-refractivity contribution in [2.75, 3.05) is 17.8 Å². The highest BCUT2D eigenvalue weighted by atomic mass is 35.5. The van der Waals surface area contributed by atoms with Crippen molar-refractivity contribution in [3.05, 3.63) is 94.3 Å². The van der Waals surface area contributed by atoms with Gasteiger partial charge in [0.25, 0.3) is 0 Å². The van der Waals surface area contributed by atoms with Crippen LogP contribution in [0, 0.1) is 5.82 Å². The molecule has 4 rings (SSSR count). The number of carbonyl (C=O) groups excluding carboxylic acids is 2. The summed E-state index contributed by atoms with van der Waals surface area (Å²) in [5.74, 6) is -0.705. The summed E-state index contributed by atoms with van der Waals surface area (Å²) in [7, 11) is 0. The predicted molar refractivity (Wildman–Crippen MR) is 154 cm³/mol. The van der Waals surface area contributed by atoms with Gasteiger partial charge in [-0.15, -0.1) is 11.6 Å². The van der Waals surface area contributed by atoms with Crippen LogP contribution in [0.5, 0.6) is 5.75 Å². The molecule has 222 valence electrons. The molecule has 1 N–H and O–H groups in total. The fourth-order valence-corrected chi connectivity index (χ4v) is 4.96. The molecule has 42 heavy (non-hydrogen) atoms. The van der Waals surface area contributed by atoms with Crippen LogP contribution in [0.2, 0.25) is 0 Å². The third-order valence-electron chi connectivity index (χ3n) is 6.77. The number of benzene rings is 3. The minimum atomic E-state index is -4.58. The third-order valence-corrected chi connectivity index (χ3v) is 7.04. The summed E-state index contributed by atoms with van der Waals surface area (Å²) in [6, 6.07) is 13.8. The minimum absolute atomic E-state index is 0.0259. The molecule has 0 unspecified atom stereocenters. The highest BCUT2D eigenvalue weighted by Gasteiger charge is 2.32. The lowest BCUT2D eigenvalue weighted by atomic mass is 9.93. The summed E-state index contributed by atoms with van der Waals surface area (Å²) in [6.07, 6.45) is -2.23. The number of alkyl halides is 4. The lowest BCUT2D eigenvalue weighted by Gasteiger charge is -2.18. The summed E-state index contributed by atoms with van der Waals surface area (Å²) in [5.41, 5.74) is 2.66. The molecule has 0 aromatic heterocycles. The number of anilines is 1. The highest BCUT2D eigenvalue weighted by Crippen LogP contribution is 2.45. The summed E-state index contributed by atoms with van der Waals surface area (Å²) >= 11 is 5.71. The average Bonchev–Trinajstić information content (AvgIpc) is 3.45. The predicted octanol–water partition coefficient (Wildman–Crippen LogP) is 8.65. The van der Waals surface area contributed by atoms with Crippen molar-refractivity contribution in [2.45, 2.75) is 51.8 Å². The first-order valence-corrected chi connectivity index (χ1v) is 14.1. The Morgan fingerprint density at radius 1 is 0.976 bits per heavy atom. The first kappa shape index (κ1) is 31.1. The van der Waals surface area contributed by atoms with E-state index in [1.54, 1.807) is 31.2 Å². The first-order chi connectivity index (χ1) is 20.1. The second kappa shape index (κ2) is 13.9. The van der Waals surface area contributed by atoms with Crippen LogP contribution in [-0.4, -0.2) is 24.4 Å². The second-order valence-electron chi connectivity index (χ2n) is 9.79. The number of carbonyl (C=O) groups is 2. The van der Waals surface area contributed by atoms with Crippen molar-refractivity contribution in [1.82, 2.24) is 0 Å². The molecule has 0 fully saturated rings. The Balaban J connectivity index is 1.79. The maximum absolute atomic E-state index is 13.8. The van der Waals surface area contributed by atoms with Gasteiger partial charge in [0, 0.05) is 23.6 Å². The van der Waals surface area contributed by atoms with Crippen molar-refractivity contribution < 1.29 is 36.6 Å². The number of hydrogen-bond acceptors (Lipinski definition) is 4. The Hall–Kier alpha value is -3.85. The number of amides is 1. The van der Waals surface area contributed by atoms with Gasteiger partial charge in [0.05, 0.1) is 17.7 Å². The molecule has 3 aromatic carbocycles. The van der Waals surface area contributed by atoms with Gasteiger partial charge in [-0.2, -0.15) is 13.2 Å². The lowest BCUT2D eigenvalue weighted by Crippen LogP contribution is -2.13. The average molecular weight is 604 g/mol. The zero-order valence-corrected chi connectivity index (χ0v) is 23.7. The molecule has 0 saturated carbocycles. The molecule has 0 radical (unpaired) electrons. The zero-order valence-electron chi connectivity index (χ0n) is 23.0. The molecule has 5 nitrogen and oxygen atoms in total. The largest absolute Gasteiger partial charge is 0.488 e. The van der Waals surface area contributed by atoms with Crippen LogP contribution in [0.3, 0.4) is 0 Å². The van der Waals surface area contributed by atoms with Crippen LogP contribution < -0.4 is 10.1 Å². The van der Waals surface area contributed by atoms with Crippen molar-refractivity contribution >= 4 is 40.3 Å². The molecule has 0 bridgehead atoms. The van der Waals surface area contributed by atoms with E-state index < -0.39 is 23.5 Å². The lowest BCUT2D eigenvalue weighted by molar-refractivity contribution is -0.137. The Bertz CT molecular complexity index is 1470. The van der Waals surface area contributed by atoms with E-state index in [-0.39, 0.29) is 42.4 Å². The van der Waals surface area contributed by atoms with Gasteiger partial charge in [-0.05, 0) is 103 Å². The van der Waals surface area contributed by atoms with Crippen LogP contribution in [0.1, 0.15) is 71.6 Å². The van der Waals surface area contributed by atoms with Gasteiger partial charge in [0.2, 0.25) is 5.91 Å². The smallest absolute Gasteiger partial charge is 0.416 e. The van der Waals surface area contributed by atoms with E-state index in [0.717, 1.165) is 17.7 Å². The molecule has 1 aliphatic carbocycles. The molecule has 0 heterocycles. The normalized spacial score (nSPS) is 13.3. The summed E-state index contributed by atoms with van der Waals surface area (Å²) in [6.45, 7) is 1.85. The van der Waals surface area contributed by atoms with E-state index >= 15 is 0 Å². The Morgan fingerprint density at radius 3 is 2.40 bits per heavy atom. The van der Waals surface area contributed by atoms with Crippen LogP contribution in [0.4, 0.5) is 23.2 Å². The number of nitrogens with one attached hydrogen (secondary N) is 1. The summed E-state index contributed by atoms with van der Waals surface area (Å²) < 4.78 is 65.8. The second-order valence-corrected chi connectivity index (χ2v) is 10.2. The molecule has 0 aliphatic heterocycles. The molecule has 0 atom stereocenters. The summed E-state index contributed by atoms with van der Waals surface area (Å²) in [4.78, 5) is 25.1. The van der Waals surface area contributed by atoms with Gasteiger partial charge < -0.3 is 14.8 Å². The monoisotopic (exact) mass is 603 g/mol. The topological polar surface area (TPSA) is 64.6 Å². The van der Waals surface area contributed by atoms with Gasteiger partial charge >= 0.3 is 12.1 Å². The molecular formula is C32H30ClF4NO4. The number of ether oxygens (including phenoxy) is 2. The van der Waals surface area contributed by atoms with Crippen molar-refractivity contribution in [1.29, 1.82) is 0 Å². The van der Waals surface area contributed by atoms with E-state index in [4.69, 9.17) is 21.1 Å². The molecule has 1 amide bonds. The number of esters is 1. The van der Waals surface area contributed by atoms with Crippen LogP contribution in [0.25, 0.3) is 11.1 Å². The fraction of sp³-hybridized carbons (Fsp3) is 0.312. The minimum Gasteiger partial charge on any atom is -0.488 e. The molecular weight excluding hydrogens is 574 g/mol. The molecule has 1 aliphatic rings. The van der Waals surface area contributed by atoms with Crippen molar-refractivity contribution in [3.8, 4) is 5.75 Å². The van der Waals surface area contributed by atoms with Gasteiger partial charge in [0.15, 0.2) is 0 Å². The van der Waals surface area contributed by atoms with Gasteiger partial charge in [-0.25, -0.2) is 9.18 Å². The number of halogens is 5. The van der Waals surface area contributed by atoms with Gasteiger partial charge in [-0.3, -0.25) is 4.79 Å². The number of rotatable bonds is 11. The fourth-order valence-electron chi connectivity index (χ4n) is 4.83. The molecule has 10 heteroatoms. The van der Waals surface area contributed by atoms with Gasteiger partial charge in [-0.1, -0.05) is 12.1 Å². The van der Waals surface area contributed by atoms with Crippen molar-refractivity contribution in [2.24, 2.45) is 0 Å². The van der Waals surface area contributed by atoms with E-state index in [1.807, 2.05) is 0 Å². The first-order valence-electron chi connectivity index (χ1n) is 13.6. The van der Waals surface area contributed by atoms with E-state index in [9.17, 15) is 27.2 Å². The standard InChI is InChI=1S/C32H30ClF4NO4/c1-2-41-31(40)22-15-21(16-25(17-22)38-30(39)7-4-14-33)26-5-3-6-27(26)28-18-23(32(35,36)37)10-13-29(28)42-19-20-8-11-24(34)12-9-20/h8-13,15-18H,2-7,14,19H2,1H3,(H,38,39). The number of hydrogen-bond donors (Lipinski definition) is 1. The van der Waals surface area contributed by atoms with Crippen LogP contribution >= 0.6 is 11.6 Å².